The first-order valence-electron chi connectivity index (χ1n) is 5.33. The zero-order valence-corrected chi connectivity index (χ0v) is 10.4. The molecule has 0 fully saturated rings. The smallest absolute Gasteiger partial charge is 0.119 e. The Morgan fingerprint density at radius 3 is 2.47 bits per heavy atom. The van der Waals surface area contributed by atoms with E-state index in [1.807, 2.05) is 6.07 Å². The molecule has 2 heteroatoms. The van der Waals surface area contributed by atoms with Gasteiger partial charge in [0.15, 0.2) is 0 Å². The third-order valence-corrected chi connectivity index (χ3v) is 2.74. The lowest BCUT2D eigenvalue weighted by molar-refractivity contribution is 0.446. The zero-order chi connectivity index (χ0) is 11.5. The molecule has 1 rings (SSSR count). The molecule has 0 spiro atoms. The van der Waals surface area contributed by atoms with Crippen LogP contribution in [0.15, 0.2) is 18.2 Å². The molecule has 0 aliphatic heterocycles. The van der Waals surface area contributed by atoms with Gasteiger partial charge in [-0.05, 0) is 35.4 Å². The summed E-state index contributed by atoms with van der Waals surface area (Å²) in [6.07, 6.45) is 1.96. The largest absolute Gasteiger partial charge is 0.508 e. The van der Waals surface area contributed by atoms with Crippen molar-refractivity contribution in [2.45, 2.75) is 39.0 Å². The number of phenolic OH excluding ortho intramolecular Hbond substituents is 1. The minimum Gasteiger partial charge on any atom is -0.508 e. The molecule has 0 unspecified atom stereocenters. The minimum atomic E-state index is -0.0128. The van der Waals surface area contributed by atoms with Crippen LogP contribution in [0.1, 0.15) is 38.3 Å². The Kier molecular flexibility index (Phi) is 4.04. The fourth-order valence-electron chi connectivity index (χ4n) is 1.61. The van der Waals surface area contributed by atoms with Crippen molar-refractivity contribution in [3.63, 3.8) is 0 Å². The lowest BCUT2D eigenvalue weighted by atomic mass is 9.85. The van der Waals surface area contributed by atoms with Crippen LogP contribution in [0.3, 0.4) is 0 Å². The van der Waals surface area contributed by atoms with Crippen LogP contribution in [0.4, 0.5) is 0 Å². The van der Waals surface area contributed by atoms with Gasteiger partial charge in [-0.1, -0.05) is 32.9 Å². The first-order valence-corrected chi connectivity index (χ1v) is 5.87. The van der Waals surface area contributed by atoms with Crippen molar-refractivity contribution >= 4 is 11.6 Å². The second-order valence-electron chi connectivity index (χ2n) is 4.89. The van der Waals surface area contributed by atoms with Crippen molar-refractivity contribution in [2.24, 2.45) is 0 Å². The van der Waals surface area contributed by atoms with Crippen LogP contribution in [0.2, 0.25) is 0 Å². The molecule has 0 amide bonds. The van der Waals surface area contributed by atoms with E-state index in [-0.39, 0.29) is 5.41 Å². The predicted octanol–water partition coefficient (Wildman–Crippen LogP) is 3.86. The Balaban J connectivity index is 2.95. The van der Waals surface area contributed by atoms with E-state index in [2.05, 4.69) is 26.8 Å². The average molecular weight is 227 g/mol. The molecule has 1 N–H and O–H groups in total. The fourth-order valence-corrected chi connectivity index (χ4v) is 1.74. The van der Waals surface area contributed by atoms with E-state index in [0.717, 1.165) is 18.4 Å². The molecule has 0 aromatic heterocycles. The van der Waals surface area contributed by atoms with Crippen LogP contribution in [-0.4, -0.2) is 11.0 Å². The second kappa shape index (κ2) is 4.89. The Morgan fingerprint density at radius 1 is 1.27 bits per heavy atom. The number of hydrogen-bond acceptors (Lipinski definition) is 1. The number of phenols is 1. The van der Waals surface area contributed by atoms with Gasteiger partial charge in [0.25, 0.3) is 0 Å². The SMILES string of the molecule is CC(C)(C)c1cc(CCCCl)ccc1O. The summed E-state index contributed by atoms with van der Waals surface area (Å²) in [5.74, 6) is 1.07. The number of aryl methyl sites for hydroxylation is 1. The maximum atomic E-state index is 9.77. The van der Waals surface area contributed by atoms with Gasteiger partial charge in [0.2, 0.25) is 0 Å². The van der Waals surface area contributed by atoms with Gasteiger partial charge in [-0.3, -0.25) is 0 Å². The van der Waals surface area contributed by atoms with Crippen LogP contribution >= 0.6 is 11.6 Å². The van der Waals surface area contributed by atoms with E-state index in [1.165, 1.54) is 5.56 Å². The summed E-state index contributed by atoms with van der Waals surface area (Å²) in [5.41, 5.74) is 2.24. The highest BCUT2D eigenvalue weighted by Crippen LogP contribution is 2.31. The first kappa shape index (κ1) is 12.4. The van der Waals surface area contributed by atoms with Crippen molar-refractivity contribution in [1.82, 2.24) is 0 Å². The third kappa shape index (κ3) is 3.42. The van der Waals surface area contributed by atoms with Gasteiger partial charge in [0.05, 0.1) is 0 Å². The monoisotopic (exact) mass is 226 g/mol. The molecule has 0 saturated carbocycles. The molecule has 0 heterocycles. The van der Waals surface area contributed by atoms with Crippen molar-refractivity contribution < 1.29 is 5.11 Å². The van der Waals surface area contributed by atoms with Gasteiger partial charge in [0.1, 0.15) is 5.75 Å². The molecule has 15 heavy (non-hydrogen) atoms. The molecular formula is C13H19ClO. The summed E-state index contributed by atoms with van der Waals surface area (Å²) in [7, 11) is 0. The summed E-state index contributed by atoms with van der Waals surface area (Å²) in [6.45, 7) is 6.31. The van der Waals surface area contributed by atoms with E-state index in [4.69, 9.17) is 11.6 Å². The highest BCUT2D eigenvalue weighted by molar-refractivity contribution is 6.17. The third-order valence-electron chi connectivity index (χ3n) is 2.47. The zero-order valence-electron chi connectivity index (χ0n) is 9.68. The highest BCUT2D eigenvalue weighted by atomic mass is 35.5. The molecule has 0 aliphatic carbocycles. The van der Waals surface area contributed by atoms with E-state index >= 15 is 0 Å². The summed E-state index contributed by atoms with van der Waals surface area (Å²) in [4.78, 5) is 0. The van der Waals surface area contributed by atoms with Gasteiger partial charge < -0.3 is 5.11 Å². The molecule has 0 saturated heterocycles. The number of rotatable bonds is 3. The molecule has 0 bridgehead atoms. The first-order chi connectivity index (χ1) is 6.95. The molecule has 1 aromatic carbocycles. The van der Waals surface area contributed by atoms with Gasteiger partial charge in [-0.25, -0.2) is 0 Å². The van der Waals surface area contributed by atoms with Gasteiger partial charge in [-0.2, -0.15) is 0 Å². The Hall–Kier alpha value is -0.690. The normalized spacial score (nSPS) is 11.7. The summed E-state index contributed by atoms with van der Waals surface area (Å²) in [6, 6.07) is 5.84. The van der Waals surface area contributed by atoms with Gasteiger partial charge in [-0.15, -0.1) is 11.6 Å². The van der Waals surface area contributed by atoms with Crippen molar-refractivity contribution in [3.05, 3.63) is 29.3 Å². The van der Waals surface area contributed by atoms with Crippen molar-refractivity contribution in [2.75, 3.05) is 5.88 Å². The topological polar surface area (TPSA) is 20.2 Å². The van der Waals surface area contributed by atoms with E-state index in [0.29, 0.717) is 11.6 Å². The molecular weight excluding hydrogens is 208 g/mol. The molecule has 84 valence electrons. The van der Waals surface area contributed by atoms with Crippen molar-refractivity contribution in [3.8, 4) is 5.75 Å². The van der Waals surface area contributed by atoms with Gasteiger partial charge >= 0.3 is 0 Å². The fraction of sp³-hybridized carbons (Fsp3) is 0.538. The van der Waals surface area contributed by atoms with Gasteiger partial charge in [0, 0.05) is 5.88 Å². The lowest BCUT2D eigenvalue weighted by Gasteiger charge is -2.21. The van der Waals surface area contributed by atoms with E-state index in [1.54, 1.807) is 6.07 Å². The molecule has 0 radical (unpaired) electrons. The van der Waals surface area contributed by atoms with E-state index in [9.17, 15) is 5.11 Å². The number of hydrogen-bond donors (Lipinski definition) is 1. The molecule has 1 nitrogen and oxygen atoms in total. The second-order valence-corrected chi connectivity index (χ2v) is 5.27. The minimum absolute atomic E-state index is 0.0128. The molecule has 0 aliphatic rings. The Bertz CT molecular complexity index is 326. The van der Waals surface area contributed by atoms with Crippen LogP contribution in [0.5, 0.6) is 5.75 Å². The van der Waals surface area contributed by atoms with Crippen LogP contribution in [0.25, 0.3) is 0 Å². The Morgan fingerprint density at radius 2 is 1.93 bits per heavy atom. The highest BCUT2D eigenvalue weighted by Gasteiger charge is 2.18. The van der Waals surface area contributed by atoms with Crippen LogP contribution in [0, 0.1) is 0 Å². The van der Waals surface area contributed by atoms with Crippen LogP contribution < -0.4 is 0 Å². The predicted molar refractivity (Wildman–Crippen MR) is 65.8 cm³/mol. The number of aromatic hydroxyl groups is 1. The maximum absolute atomic E-state index is 9.77. The Labute approximate surface area is 97.1 Å². The summed E-state index contributed by atoms with van der Waals surface area (Å²) < 4.78 is 0. The number of halogens is 1. The summed E-state index contributed by atoms with van der Waals surface area (Å²) >= 11 is 5.66. The quantitative estimate of drug-likeness (QED) is 0.776. The van der Waals surface area contributed by atoms with Crippen molar-refractivity contribution in [1.29, 1.82) is 0 Å². The standard InChI is InChI=1S/C13H19ClO/c1-13(2,3)11-9-10(5-4-8-14)6-7-12(11)15/h6-7,9,15H,4-5,8H2,1-3H3. The maximum Gasteiger partial charge on any atom is 0.119 e. The number of alkyl halides is 1. The summed E-state index contributed by atoms with van der Waals surface area (Å²) in [5, 5.41) is 9.77. The van der Waals surface area contributed by atoms with E-state index < -0.39 is 0 Å². The average Bonchev–Trinajstić information content (AvgIpc) is 2.15. The molecule has 0 atom stereocenters. The van der Waals surface area contributed by atoms with Crippen LogP contribution in [-0.2, 0) is 11.8 Å². The lowest BCUT2D eigenvalue weighted by Crippen LogP contribution is -2.11. The molecule has 1 aromatic rings. The number of benzene rings is 1.